The van der Waals surface area contributed by atoms with Crippen molar-refractivity contribution in [3.05, 3.63) is 94.0 Å². The van der Waals surface area contributed by atoms with E-state index in [2.05, 4.69) is 10.6 Å². The molecule has 0 radical (unpaired) electrons. The molecule has 1 aliphatic carbocycles. The first-order valence-corrected chi connectivity index (χ1v) is 11.3. The molecule has 33 heavy (non-hydrogen) atoms. The first kappa shape index (κ1) is 21.4. The molecule has 6 nitrogen and oxygen atoms in total. The molecular formula is C27H26N2O4. The average molecular weight is 443 g/mol. The van der Waals surface area contributed by atoms with E-state index in [1.807, 2.05) is 48.5 Å². The van der Waals surface area contributed by atoms with Crippen LogP contribution in [-0.2, 0) is 22.5 Å². The van der Waals surface area contributed by atoms with Gasteiger partial charge in [-0.1, -0.05) is 54.6 Å². The number of carbonyl (C=O) groups is 2. The minimum atomic E-state index is -0.929. The Morgan fingerprint density at radius 2 is 1.91 bits per heavy atom. The molecule has 1 amide bonds. The van der Waals surface area contributed by atoms with Gasteiger partial charge in [0.1, 0.15) is 6.10 Å². The maximum atomic E-state index is 13.5. The molecule has 5 rings (SSSR count). The standard InChI is InChI=1S/C27H26N2O4/c1-2-33-27(32)24(17-11-10-16-12-13-28-15-18(16)14-17)29-26(31)22-9-5-8-21-23(22)19-6-3-4-7-20(19)25(21)30/h3-11,14,24-25,28,30H,2,12-13,15H2,1H3,(H,29,31). The van der Waals surface area contributed by atoms with Crippen molar-refractivity contribution in [2.24, 2.45) is 0 Å². The molecule has 3 N–H and O–H groups in total. The van der Waals surface area contributed by atoms with Gasteiger partial charge in [0.25, 0.3) is 5.91 Å². The summed E-state index contributed by atoms with van der Waals surface area (Å²) in [5.74, 6) is -0.882. The molecule has 0 spiro atoms. The van der Waals surface area contributed by atoms with E-state index in [9.17, 15) is 14.7 Å². The molecule has 2 aliphatic rings. The second kappa shape index (κ2) is 8.81. The number of aliphatic hydroxyl groups is 1. The average Bonchev–Trinajstić information content (AvgIpc) is 3.14. The molecule has 3 aromatic carbocycles. The highest BCUT2D eigenvalue weighted by molar-refractivity contribution is 6.04. The van der Waals surface area contributed by atoms with Crippen LogP contribution < -0.4 is 10.6 Å². The van der Waals surface area contributed by atoms with E-state index in [4.69, 9.17) is 4.74 Å². The number of amides is 1. The summed E-state index contributed by atoms with van der Waals surface area (Å²) in [4.78, 5) is 26.4. The summed E-state index contributed by atoms with van der Waals surface area (Å²) in [5, 5.41) is 17.0. The Balaban J connectivity index is 1.51. The van der Waals surface area contributed by atoms with Crippen LogP contribution in [0.1, 0.15) is 57.2 Å². The van der Waals surface area contributed by atoms with Crippen molar-refractivity contribution in [1.29, 1.82) is 0 Å². The van der Waals surface area contributed by atoms with Gasteiger partial charge in [-0.3, -0.25) is 4.79 Å². The number of rotatable bonds is 5. The van der Waals surface area contributed by atoms with E-state index >= 15 is 0 Å². The minimum Gasteiger partial charge on any atom is -0.464 e. The molecule has 2 atom stereocenters. The molecule has 0 bridgehead atoms. The highest BCUT2D eigenvalue weighted by Crippen LogP contribution is 2.45. The van der Waals surface area contributed by atoms with Gasteiger partial charge in [-0.15, -0.1) is 0 Å². The van der Waals surface area contributed by atoms with Crippen molar-refractivity contribution < 1.29 is 19.4 Å². The zero-order chi connectivity index (χ0) is 22.9. The van der Waals surface area contributed by atoms with Crippen LogP contribution in [0.15, 0.2) is 60.7 Å². The van der Waals surface area contributed by atoms with Gasteiger partial charge in [0.05, 0.1) is 6.61 Å². The Morgan fingerprint density at radius 3 is 2.76 bits per heavy atom. The summed E-state index contributed by atoms with van der Waals surface area (Å²) < 4.78 is 5.30. The van der Waals surface area contributed by atoms with Crippen LogP contribution >= 0.6 is 0 Å². The molecule has 3 aromatic rings. The lowest BCUT2D eigenvalue weighted by Gasteiger charge is -2.22. The van der Waals surface area contributed by atoms with E-state index in [-0.39, 0.29) is 12.5 Å². The van der Waals surface area contributed by atoms with Gasteiger partial charge in [0.15, 0.2) is 6.04 Å². The van der Waals surface area contributed by atoms with Gasteiger partial charge < -0.3 is 20.5 Å². The first-order valence-electron chi connectivity index (χ1n) is 11.3. The van der Waals surface area contributed by atoms with Gasteiger partial charge >= 0.3 is 5.97 Å². The fourth-order valence-corrected chi connectivity index (χ4v) is 4.81. The van der Waals surface area contributed by atoms with Crippen LogP contribution in [0.25, 0.3) is 11.1 Å². The SMILES string of the molecule is CCOC(=O)C(NC(=O)c1cccc2c1-c1ccccc1C2O)c1ccc2c(c1)CNCC2. The Hall–Kier alpha value is -3.48. The molecule has 168 valence electrons. The van der Waals surface area contributed by atoms with Crippen LogP contribution in [0.5, 0.6) is 0 Å². The zero-order valence-electron chi connectivity index (χ0n) is 18.4. The third-order valence-electron chi connectivity index (χ3n) is 6.41. The molecule has 2 unspecified atom stereocenters. The lowest BCUT2D eigenvalue weighted by atomic mass is 9.95. The summed E-state index contributed by atoms with van der Waals surface area (Å²) in [6.07, 6.45) is 0.155. The molecule has 0 saturated heterocycles. The maximum absolute atomic E-state index is 13.5. The third kappa shape index (κ3) is 3.81. The second-order valence-electron chi connectivity index (χ2n) is 8.37. The minimum absolute atomic E-state index is 0.220. The van der Waals surface area contributed by atoms with Gasteiger partial charge in [0.2, 0.25) is 0 Å². The summed E-state index contributed by atoms with van der Waals surface area (Å²) in [7, 11) is 0. The molecule has 0 saturated carbocycles. The van der Waals surface area contributed by atoms with Crippen LogP contribution in [0.2, 0.25) is 0 Å². The van der Waals surface area contributed by atoms with Crippen LogP contribution in [-0.4, -0.2) is 30.1 Å². The topological polar surface area (TPSA) is 87.7 Å². The molecule has 0 aromatic heterocycles. The highest BCUT2D eigenvalue weighted by Gasteiger charge is 2.32. The van der Waals surface area contributed by atoms with Crippen LogP contribution in [0.4, 0.5) is 0 Å². The van der Waals surface area contributed by atoms with Crippen molar-refractivity contribution in [3.8, 4) is 11.1 Å². The lowest BCUT2D eigenvalue weighted by molar-refractivity contribution is -0.145. The van der Waals surface area contributed by atoms with Crippen LogP contribution in [0.3, 0.4) is 0 Å². The van der Waals surface area contributed by atoms with Gasteiger partial charge in [0, 0.05) is 17.7 Å². The highest BCUT2D eigenvalue weighted by atomic mass is 16.5. The molecular weight excluding hydrogens is 416 g/mol. The number of ether oxygens (including phenoxy) is 1. The number of esters is 1. The zero-order valence-corrected chi connectivity index (χ0v) is 18.4. The first-order chi connectivity index (χ1) is 16.1. The second-order valence-corrected chi connectivity index (χ2v) is 8.37. The normalized spacial score (nSPS) is 16.8. The van der Waals surface area contributed by atoms with Crippen molar-refractivity contribution >= 4 is 11.9 Å². The Labute approximate surface area is 192 Å². The number of nitrogens with one attached hydrogen (secondary N) is 2. The summed E-state index contributed by atoms with van der Waals surface area (Å²) in [5.41, 5.74) is 6.49. The summed E-state index contributed by atoms with van der Waals surface area (Å²) in [6.45, 7) is 3.62. The fourth-order valence-electron chi connectivity index (χ4n) is 4.81. The number of benzene rings is 3. The number of hydrogen-bond acceptors (Lipinski definition) is 5. The van der Waals surface area contributed by atoms with Gasteiger partial charge in [-0.2, -0.15) is 0 Å². The smallest absolute Gasteiger partial charge is 0.333 e. The Kier molecular flexibility index (Phi) is 5.70. The van der Waals surface area contributed by atoms with Crippen molar-refractivity contribution in [2.45, 2.75) is 32.0 Å². The summed E-state index contributed by atoms with van der Waals surface area (Å²) in [6, 6.07) is 17.8. The molecule has 1 heterocycles. The predicted molar refractivity (Wildman–Crippen MR) is 125 cm³/mol. The van der Waals surface area contributed by atoms with Gasteiger partial charge in [-0.25, -0.2) is 4.79 Å². The summed E-state index contributed by atoms with van der Waals surface area (Å²) >= 11 is 0. The van der Waals surface area contributed by atoms with Crippen molar-refractivity contribution in [1.82, 2.24) is 10.6 Å². The predicted octanol–water partition coefficient (Wildman–Crippen LogP) is 3.43. The van der Waals surface area contributed by atoms with Crippen LogP contribution in [0, 0.1) is 0 Å². The lowest BCUT2D eigenvalue weighted by Crippen LogP contribution is -2.35. The van der Waals surface area contributed by atoms with E-state index < -0.39 is 18.1 Å². The molecule has 0 fully saturated rings. The van der Waals surface area contributed by atoms with E-state index in [1.165, 1.54) is 5.56 Å². The number of aliphatic hydroxyl groups excluding tert-OH is 1. The fraction of sp³-hybridized carbons (Fsp3) is 0.259. The quantitative estimate of drug-likeness (QED) is 0.527. The van der Waals surface area contributed by atoms with Crippen molar-refractivity contribution in [2.75, 3.05) is 13.2 Å². The number of hydrogen-bond donors (Lipinski definition) is 3. The maximum Gasteiger partial charge on any atom is 0.333 e. The molecule has 1 aliphatic heterocycles. The molecule has 6 heteroatoms. The third-order valence-corrected chi connectivity index (χ3v) is 6.41. The van der Waals surface area contributed by atoms with Gasteiger partial charge in [-0.05, 0) is 59.3 Å². The monoisotopic (exact) mass is 442 g/mol. The van der Waals surface area contributed by atoms with Crippen molar-refractivity contribution in [3.63, 3.8) is 0 Å². The Bertz CT molecular complexity index is 1240. The number of fused-ring (bicyclic) bond motifs is 4. The van der Waals surface area contributed by atoms with E-state index in [0.717, 1.165) is 36.2 Å². The largest absolute Gasteiger partial charge is 0.464 e. The number of carbonyl (C=O) groups excluding carboxylic acids is 2. The Morgan fingerprint density at radius 1 is 1.09 bits per heavy atom. The van der Waals surface area contributed by atoms with E-state index in [1.54, 1.807) is 19.1 Å². The van der Waals surface area contributed by atoms with E-state index in [0.29, 0.717) is 22.3 Å².